The molecule has 22 heavy (non-hydrogen) atoms. The summed E-state index contributed by atoms with van der Waals surface area (Å²) in [6, 6.07) is 2.45. The minimum atomic E-state index is 0.318. The standard InChI is InChI=1S/C16H22N6/c1-4-5-21-11-15(10-19-21)17-7-13-6-14-9-20-22(12(2)3)16(14)18-8-13/h6,8-12,17H,4-5,7H2,1-3H3. The first kappa shape index (κ1) is 14.6. The lowest BCUT2D eigenvalue weighted by Gasteiger charge is -2.07. The number of fused-ring (bicyclic) bond motifs is 1. The minimum absolute atomic E-state index is 0.318. The van der Waals surface area contributed by atoms with Crippen molar-refractivity contribution in [3.8, 4) is 0 Å². The Morgan fingerprint density at radius 1 is 1.18 bits per heavy atom. The summed E-state index contributed by atoms with van der Waals surface area (Å²) in [5, 5.41) is 13.2. The van der Waals surface area contributed by atoms with Gasteiger partial charge in [-0.15, -0.1) is 0 Å². The minimum Gasteiger partial charge on any atom is -0.378 e. The third kappa shape index (κ3) is 2.95. The molecule has 1 N–H and O–H groups in total. The fourth-order valence-corrected chi connectivity index (χ4v) is 2.47. The van der Waals surface area contributed by atoms with Crippen molar-refractivity contribution in [3.05, 3.63) is 36.4 Å². The highest BCUT2D eigenvalue weighted by Gasteiger charge is 2.08. The third-order valence-corrected chi connectivity index (χ3v) is 3.56. The molecule has 0 saturated carbocycles. The molecule has 0 fully saturated rings. The number of aryl methyl sites for hydroxylation is 1. The van der Waals surface area contributed by atoms with Crippen LogP contribution in [0.1, 0.15) is 38.8 Å². The number of aromatic nitrogens is 5. The molecule has 0 amide bonds. The van der Waals surface area contributed by atoms with Crippen LogP contribution in [0.3, 0.4) is 0 Å². The van der Waals surface area contributed by atoms with Crippen LogP contribution in [0.15, 0.2) is 30.9 Å². The van der Waals surface area contributed by atoms with Gasteiger partial charge in [-0.05, 0) is 31.9 Å². The highest BCUT2D eigenvalue weighted by molar-refractivity contribution is 5.75. The first-order valence-electron chi connectivity index (χ1n) is 7.76. The molecule has 6 heteroatoms. The Kier molecular flexibility index (Phi) is 4.09. The topological polar surface area (TPSA) is 60.6 Å². The largest absolute Gasteiger partial charge is 0.378 e. The lowest BCUT2D eigenvalue weighted by Crippen LogP contribution is -2.04. The second-order valence-electron chi connectivity index (χ2n) is 5.78. The Bertz CT molecular complexity index is 755. The molecule has 0 aliphatic carbocycles. The fraction of sp³-hybridized carbons (Fsp3) is 0.438. The first-order valence-corrected chi connectivity index (χ1v) is 7.76. The predicted octanol–water partition coefficient (Wildman–Crippen LogP) is 3.23. The van der Waals surface area contributed by atoms with E-state index >= 15 is 0 Å². The molecule has 116 valence electrons. The van der Waals surface area contributed by atoms with Crippen molar-refractivity contribution in [2.45, 2.75) is 46.3 Å². The fourth-order valence-electron chi connectivity index (χ4n) is 2.47. The number of hydrogen-bond acceptors (Lipinski definition) is 4. The van der Waals surface area contributed by atoms with Crippen LogP contribution in [0.5, 0.6) is 0 Å². The summed E-state index contributed by atoms with van der Waals surface area (Å²) < 4.78 is 3.90. The molecule has 3 aromatic rings. The number of nitrogens with zero attached hydrogens (tertiary/aromatic N) is 5. The van der Waals surface area contributed by atoms with Gasteiger partial charge in [-0.1, -0.05) is 6.92 Å². The van der Waals surface area contributed by atoms with Crippen LogP contribution in [0, 0.1) is 0 Å². The van der Waals surface area contributed by atoms with E-state index in [0.29, 0.717) is 6.04 Å². The second kappa shape index (κ2) is 6.17. The molecular formula is C16H22N6. The molecule has 0 aliphatic heterocycles. The van der Waals surface area contributed by atoms with Gasteiger partial charge in [0, 0.05) is 36.9 Å². The van der Waals surface area contributed by atoms with Crippen molar-refractivity contribution in [1.29, 1.82) is 0 Å². The zero-order chi connectivity index (χ0) is 15.5. The Morgan fingerprint density at radius 3 is 2.82 bits per heavy atom. The van der Waals surface area contributed by atoms with E-state index in [4.69, 9.17) is 0 Å². The number of nitrogens with one attached hydrogen (secondary N) is 1. The maximum absolute atomic E-state index is 4.55. The smallest absolute Gasteiger partial charge is 0.157 e. The van der Waals surface area contributed by atoms with Crippen LogP contribution in [0.4, 0.5) is 5.69 Å². The number of anilines is 1. The number of pyridine rings is 1. The summed E-state index contributed by atoms with van der Waals surface area (Å²) in [7, 11) is 0. The van der Waals surface area contributed by atoms with Gasteiger partial charge in [0.25, 0.3) is 0 Å². The van der Waals surface area contributed by atoms with Crippen LogP contribution in [-0.2, 0) is 13.1 Å². The van der Waals surface area contributed by atoms with E-state index in [1.165, 1.54) is 0 Å². The summed E-state index contributed by atoms with van der Waals surface area (Å²) in [4.78, 5) is 4.55. The van der Waals surface area contributed by atoms with Crippen molar-refractivity contribution < 1.29 is 0 Å². The van der Waals surface area contributed by atoms with Gasteiger partial charge in [0.15, 0.2) is 5.65 Å². The van der Waals surface area contributed by atoms with E-state index < -0.39 is 0 Å². The van der Waals surface area contributed by atoms with Gasteiger partial charge in [0.2, 0.25) is 0 Å². The van der Waals surface area contributed by atoms with Gasteiger partial charge in [-0.25, -0.2) is 9.67 Å². The third-order valence-electron chi connectivity index (χ3n) is 3.56. The van der Waals surface area contributed by atoms with Crippen molar-refractivity contribution in [1.82, 2.24) is 24.5 Å². The summed E-state index contributed by atoms with van der Waals surface area (Å²) in [6.45, 7) is 8.04. The van der Waals surface area contributed by atoms with Gasteiger partial charge in [-0.3, -0.25) is 4.68 Å². The molecule has 0 bridgehead atoms. The second-order valence-corrected chi connectivity index (χ2v) is 5.78. The molecule has 0 radical (unpaired) electrons. The van der Waals surface area contributed by atoms with Gasteiger partial charge in [0.1, 0.15) is 0 Å². The molecule has 6 nitrogen and oxygen atoms in total. The van der Waals surface area contributed by atoms with E-state index in [0.717, 1.165) is 41.8 Å². The van der Waals surface area contributed by atoms with E-state index in [2.05, 4.69) is 47.3 Å². The van der Waals surface area contributed by atoms with Crippen molar-refractivity contribution in [3.63, 3.8) is 0 Å². The van der Waals surface area contributed by atoms with Crippen molar-refractivity contribution >= 4 is 16.7 Å². The van der Waals surface area contributed by atoms with Crippen LogP contribution in [-0.4, -0.2) is 24.5 Å². The Balaban J connectivity index is 1.71. The summed E-state index contributed by atoms with van der Waals surface area (Å²) in [5.74, 6) is 0. The maximum atomic E-state index is 4.55. The molecule has 0 saturated heterocycles. The number of rotatable bonds is 6. The van der Waals surface area contributed by atoms with Crippen LogP contribution < -0.4 is 5.32 Å². The number of hydrogen-bond donors (Lipinski definition) is 1. The average molecular weight is 298 g/mol. The lowest BCUT2D eigenvalue weighted by atomic mass is 10.2. The molecule has 3 heterocycles. The van der Waals surface area contributed by atoms with Crippen LogP contribution in [0.25, 0.3) is 11.0 Å². The highest BCUT2D eigenvalue weighted by Crippen LogP contribution is 2.17. The Labute approximate surface area is 130 Å². The highest BCUT2D eigenvalue weighted by atomic mass is 15.3. The van der Waals surface area contributed by atoms with Crippen LogP contribution in [0.2, 0.25) is 0 Å². The summed E-state index contributed by atoms with van der Waals surface area (Å²) in [6.07, 6.45) is 8.77. The predicted molar refractivity (Wildman–Crippen MR) is 87.8 cm³/mol. The van der Waals surface area contributed by atoms with E-state index in [1.807, 2.05) is 34.2 Å². The molecule has 0 aromatic carbocycles. The van der Waals surface area contributed by atoms with Gasteiger partial charge < -0.3 is 5.32 Å². The monoisotopic (exact) mass is 298 g/mol. The normalized spacial score (nSPS) is 11.5. The van der Waals surface area contributed by atoms with E-state index in [9.17, 15) is 0 Å². The Hall–Kier alpha value is -2.37. The SMILES string of the molecule is CCCn1cc(NCc2cnc3c(cnn3C(C)C)c2)cn1. The molecule has 3 rings (SSSR count). The quantitative estimate of drug-likeness (QED) is 0.759. The average Bonchev–Trinajstić information content (AvgIpc) is 3.11. The van der Waals surface area contributed by atoms with E-state index in [1.54, 1.807) is 0 Å². The van der Waals surface area contributed by atoms with Gasteiger partial charge in [-0.2, -0.15) is 10.2 Å². The first-order chi connectivity index (χ1) is 10.7. The van der Waals surface area contributed by atoms with Crippen molar-refractivity contribution in [2.24, 2.45) is 0 Å². The van der Waals surface area contributed by atoms with Crippen molar-refractivity contribution in [2.75, 3.05) is 5.32 Å². The maximum Gasteiger partial charge on any atom is 0.157 e. The van der Waals surface area contributed by atoms with Gasteiger partial charge in [0.05, 0.1) is 18.1 Å². The zero-order valence-electron chi connectivity index (χ0n) is 13.3. The van der Waals surface area contributed by atoms with Gasteiger partial charge >= 0.3 is 0 Å². The lowest BCUT2D eigenvalue weighted by molar-refractivity contribution is 0.546. The van der Waals surface area contributed by atoms with Crippen LogP contribution >= 0.6 is 0 Å². The Morgan fingerprint density at radius 2 is 2.05 bits per heavy atom. The summed E-state index contributed by atoms with van der Waals surface area (Å²) in [5.41, 5.74) is 3.11. The molecular weight excluding hydrogens is 276 g/mol. The molecule has 0 aliphatic rings. The van der Waals surface area contributed by atoms with E-state index in [-0.39, 0.29) is 0 Å². The molecule has 0 spiro atoms. The zero-order valence-corrected chi connectivity index (χ0v) is 13.3. The molecule has 0 atom stereocenters. The molecule has 0 unspecified atom stereocenters. The summed E-state index contributed by atoms with van der Waals surface area (Å²) >= 11 is 0. The molecule has 3 aromatic heterocycles.